The van der Waals surface area contributed by atoms with Crippen molar-refractivity contribution < 1.29 is 9.53 Å². The molecule has 3 nitrogen and oxygen atoms in total. The van der Waals surface area contributed by atoms with Crippen LogP contribution in [0.15, 0.2) is 22.7 Å². The minimum atomic E-state index is -0.823. The summed E-state index contributed by atoms with van der Waals surface area (Å²) in [5.41, 5.74) is 1.03. The number of carbonyl (C=O) groups is 1. The third kappa shape index (κ3) is 3.32. The van der Waals surface area contributed by atoms with Crippen molar-refractivity contribution in [1.82, 2.24) is 0 Å². The number of nitrogens with one attached hydrogen (secondary N) is 1. The fraction of sp³-hybridized carbons (Fsp3) is 0.417. The molecular formula is C12H16BrNO2. The summed E-state index contributed by atoms with van der Waals surface area (Å²) in [6.45, 7) is 5.43. The van der Waals surface area contributed by atoms with Crippen molar-refractivity contribution in [3.63, 3.8) is 0 Å². The highest BCUT2D eigenvalue weighted by Crippen LogP contribution is 2.20. The first kappa shape index (κ1) is 13.2. The van der Waals surface area contributed by atoms with Crippen LogP contribution in [-0.4, -0.2) is 18.6 Å². The van der Waals surface area contributed by atoms with Gasteiger partial charge in [-0.15, -0.1) is 0 Å². The molecule has 1 N–H and O–H groups in total. The van der Waals surface area contributed by atoms with E-state index in [0.29, 0.717) is 0 Å². The highest BCUT2D eigenvalue weighted by Gasteiger charge is 2.26. The van der Waals surface area contributed by atoms with Crippen LogP contribution in [0.1, 0.15) is 19.4 Å². The highest BCUT2D eigenvalue weighted by atomic mass is 79.9. The summed E-state index contributed by atoms with van der Waals surface area (Å²) >= 11 is 3.39. The van der Waals surface area contributed by atoms with Crippen LogP contribution in [0.5, 0.6) is 0 Å². The Labute approximate surface area is 104 Å². The molecule has 0 aliphatic carbocycles. The van der Waals surface area contributed by atoms with Gasteiger partial charge in [-0.3, -0.25) is 4.79 Å². The fourth-order valence-electron chi connectivity index (χ4n) is 1.18. The predicted molar refractivity (Wildman–Crippen MR) is 68.6 cm³/mol. The standard InChI is InChI=1S/C12H16BrNO2/c1-8-5-9(13)7-10(6-8)14-11(15)12(2,3)16-4/h5-7H,1-4H3,(H,14,15). The molecule has 0 bridgehead atoms. The number of hydrogen-bond acceptors (Lipinski definition) is 2. The Balaban J connectivity index is 2.85. The van der Waals surface area contributed by atoms with Gasteiger partial charge < -0.3 is 10.1 Å². The zero-order valence-corrected chi connectivity index (χ0v) is 11.5. The van der Waals surface area contributed by atoms with Gasteiger partial charge in [0.15, 0.2) is 0 Å². The van der Waals surface area contributed by atoms with Crippen molar-refractivity contribution in [2.45, 2.75) is 26.4 Å². The summed E-state index contributed by atoms with van der Waals surface area (Å²) in [6.07, 6.45) is 0. The number of aryl methyl sites for hydroxylation is 1. The van der Waals surface area contributed by atoms with E-state index in [1.54, 1.807) is 13.8 Å². The molecule has 0 atom stereocenters. The number of methoxy groups -OCH3 is 1. The van der Waals surface area contributed by atoms with E-state index in [2.05, 4.69) is 21.2 Å². The van der Waals surface area contributed by atoms with Gasteiger partial charge in [-0.25, -0.2) is 0 Å². The molecule has 0 radical (unpaired) electrons. The van der Waals surface area contributed by atoms with Gasteiger partial charge in [0.25, 0.3) is 5.91 Å². The lowest BCUT2D eigenvalue weighted by Crippen LogP contribution is -2.38. The number of amides is 1. The van der Waals surface area contributed by atoms with Crippen molar-refractivity contribution >= 4 is 27.5 Å². The molecule has 1 rings (SSSR count). The van der Waals surface area contributed by atoms with Crippen LogP contribution in [0, 0.1) is 6.92 Å². The van der Waals surface area contributed by atoms with E-state index in [-0.39, 0.29) is 5.91 Å². The Morgan fingerprint density at radius 1 is 1.38 bits per heavy atom. The Bertz CT molecular complexity index is 382. The van der Waals surface area contributed by atoms with E-state index in [4.69, 9.17) is 4.74 Å². The van der Waals surface area contributed by atoms with E-state index < -0.39 is 5.60 Å². The van der Waals surface area contributed by atoms with E-state index >= 15 is 0 Å². The SMILES string of the molecule is COC(C)(C)C(=O)Nc1cc(C)cc(Br)c1. The maximum atomic E-state index is 11.8. The third-order valence-electron chi connectivity index (χ3n) is 2.36. The second-order valence-corrected chi connectivity index (χ2v) is 5.10. The van der Waals surface area contributed by atoms with Crippen LogP contribution in [0.2, 0.25) is 0 Å². The summed E-state index contributed by atoms with van der Waals surface area (Å²) in [6, 6.07) is 5.75. The van der Waals surface area contributed by atoms with Gasteiger partial charge in [0.1, 0.15) is 5.60 Å². The van der Waals surface area contributed by atoms with E-state index in [0.717, 1.165) is 15.7 Å². The van der Waals surface area contributed by atoms with Crippen molar-refractivity contribution in [3.8, 4) is 0 Å². The molecule has 1 aromatic carbocycles. The van der Waals surface area contributed by atoms with Crippen LogP contribution in [0.3, 0.4) is 0 Å². The number of hydrogen-bond donors (Lipinski definition) is 1. The lowest BCUT2D eigenvalue weighted by Gasteiger charge is -2.21. The van der Waals surface area contributed by atoms with Gasteiger partial charge in [0.05, 0.1) is 0 Å². The number of halogens is 1. The first-order valence-corrected chi connectivity index (χ1v) is 5.78. The van der Waals surface area contributed by atoms with E-state index in [1.165, 1.54) is 7.11 Å². The van der Waals surface area contributed by atoms with Crippen LogP contribution >= 0.6 is 15.9 Å². The third-order valence-corrected chi connectivity index (χ3v) is 2.81. The molecule has 0 unspecified atom stereocenters. The minimum absolute atomic E-state index is 0.160. The molecule has 0 fully saturated rings. The number of rotatable bonds is 3. The van der Waals surface area contributed by atoms with Crippen LogP contribution in [-0.2, 0) is 9.53 Å². The zero-order chi connectivity index (χ0) is 12.3. The number of benzene rings is 1. The highest BCUT2D eigenvalue weighted by molar-refractivity contribution is 9.10. The van der Waals surface area contributed by atoms with Crippen molar-refractivity contribution in [2.24, 2.45) is 0 Å². The summed E-state index contributed by atoms with van der Waals surface area (Å²) in [5.74, 6) is -0.160. The lowest BCUT2D eigenvalue weighted by atomic mass is 10.1. The molecule has 1 aromatic rings. The largest absolute Gasteiger partial charge is 0.369 e. The normalized spacial score (nSPS) is 11.3. The summed E-state index contributed by atoms with van der Waals surface area (Å²) in [5, 5.41) is 2.82. The van der Waals surface area contributed by atoms with Gasteiger partial charge in [0.2, 0.25) is 0 Å². The number of carbonyl (C=O) groups excluding carboxylic acids is 1. The molecule has 0 saturated carbocycles. The maximum absolute atomic E-state index is 11.8. The molecule has 1 amide bonds. The molecule has 88 valence electrons. The number of ether oxygens (including phenoxy) is 1. The van der Waals surface area contributed by atoms with Crippen LogP contribution in [0.25, 0.3) is 0 Å². The average molecular weight is 286 g/mol. The quantitative estimate of drug-likeness (QED) is 0.927. The topological polar surface area (TPSA) is 38.3 Å². The second-order valence-electron chi connectivity index (χ2n) is 4.19. The average Bonchev–Trinajstić information content (AvgIpc) is 2.15. The monoisotopic (exact) mass is 285 g/mol. The maximum Gasteiger partial charge on any atom is 0.256 e. The first-order chi connectivity index (χ1) is 7.35. The van der Waals surface area contributed by atoms with E-state index in [1.807, 2.05) is 25.1 Å². The van der Waals surface area contributed by atoms with E-state index in [9.17, 15) is 4.79 Å². The first-order valence-electron chi connectivity index (χ1n) is 4.99. The molecule has 0 heterocycles. The second kappa shape index (κ2) is 4.97. The van der Waals surface area contributed by atoms with Crippen LogP contribution < -0.4 is 5.32 Å². The Kier molecular flexibility index (Phi) is 4.10. The molecule has 4 heteroatoms. The number of anilines is 1. The smallest absolute Gasteiger partial charge is 0.256 e. The lowest BCUT2D eigenvalue weighted by molar-refractivity contribution is -0.133. The Hall–Kier alpha value is -0.870. The molecule has 0 aliphatic rings. The molecule has 0 aliphatic heterocycles. The van der Waals surface area contributed by atoms with Gasteiger partial charge in [-0.2, -0.15) is 0 Å². The molecule has 16 heavy (non-hydrogen) atoms. The van der Waals surface area contributed by atoms with Gasteiger partial charge in [-0.05, 0) is 44.5 Å². The minimum Gasteiger partial charge on any atom is -0.369 e. The van der Waals surface area contributed by atoms with Crippen molar-refractivity contribution in [1.29, 1.82) is 0 Å². The molecule has 0 saturated heterocycles. The van der Waals surface area contributed by atoms with Gasteiger partial charge in [0, 0.05) is 17.3 Å². The fourth-order valence-corrected chi connectivity index (χ4v) is 1.79. The van der Waals surface area contributed by atoms with Crippen LogP contribution in [0.4, 0.5) is 5.69 Å². The summed E-state index contributed by atoms with van der Waals surface area (Å²) in [7, 11) is 1.52. The molecular weight excluding hydrogens is 270 g/mol. The van der Waals surface area contributed by atoms with Crippen molar-refractivity contribution in [2.75, 3.05) is 12.4 Å². The predicted octanol–water partition coefficient (Wildman–Crippen LogP) is 3.12. The van der Waals surface area contributed by atoms with Gasteiger partial charge >= 0.3 is 0 Å². The Morgan fingerprint density at radius 2 is 2.00 bits per heavy atom. The summed E-state index contributed by atoms with van der Waals surface area (Å²) < 4.78 is 6.05. The molecule has 0 spiro atoms. The van der Waals surface area contributed by atoms with Gasteiger partial charge in [-0.1, -0.05) is 15.9 Å². The summed E-state index contributed by atoms with van der Waals surface area (Å²) in [4.78, 5) is 11.8. The molecule has 0 aromatic heterocycles. The zero-order valence-electron chi connectivity index (χ0n) is 9.93. The Morgan fingerprint density at radius 3 is 2.50 bits per heavy atom. The van der Waals surface area contributed by atoms with Crippen molar-refractivity contribution in [3.05, 3.63) is 28.2 Å².